The van der Waals surface area contributed by atoms with E-state index in [4.69, 9.17) is 10.5 Å². The number of esters is 1. The molecule has 0 unspecified atom stereocenters. The smallest absolute Gasteiger partial charge is 0.306 e. The maximum absolute atomic E-state index is 13.1. The minimum Gasteiger partial charge on any atom is -0.460 e. The Labute approximate surface area is 416 Å². The Hall–Kier alpha value is -4.28. The Kier molecular flexibility index (Phi) is 24.6. The Balaban J connectivity index is 4.74. The quantitative estimate of drug-likeness (QED) is 0.0347. The van der Waals surface area contributed by atoms with Gasteiger partial charge in [-0.05, 0) is 183 Å². The molecule has 400 valence electrons. The van der Waals surface area contributed by atoms with Crippen LogP contribution in [0.2, 0.25) is 0 Å². The zero-order chi connectivity index (χ0) is 54.1. The lowest BCUT2D eigenvalue weighted by Gasteiger charge is -2.31. The largest absolute Gasteiger partial charge is 0.460 e. The molecule has 0 atom stereocenters. The molecule has 0 aliphatic carbocycles. The lowest BCUT2D eigenvalue weighted by Crippen LogP contribution is -2.49. The number of hydrogen-bond donors (Lipinski definition) is 8. The van der Waals surface area contributed by atoms with Gasteiger partial charge in [-0.3, -0.25) is 38.4 Å². The Bertz CT molecular complexity index is 1750. The van der Waals surface area contributed by atoms with Crippen molar-refractivity contribution in [3.63, 3.8) is 0 Å². The summed E-state index contributed by atoms with van der Waals surface area (Å²) in [6, 6.07) is 0. The van der Waals surface area contributed by atoms with E-state index in [0.29, 0.717) is 57.8 Å². The molecule has 0 aromatic rings. The molecular formula is C52H98N8O9. The number of carbonyl (C=O) groups excluding carboxylic acids is 8. The fraction of sp³-hybridized carbons (Fsp3) is 0.846. The molecule has 0 radical (unpaired) electrons. The number of amides is 7. The van der Waals surface area contributed by atoms with Crippen LogP contribution in [0.3, 0.4) is 0 Å². The maximum Gasteiger partial charge on any atom is 0.306 e. The van der Waals surface area contributed by atoms with Gasteiger partial charge in [-0.1, -0.05) is 0 Å². The normalized spacial score (nSPS) is 13.2. The van der Waals surface area contributed by atoms with Crippen molar-refractivity contribution in [3.8, 4) is 0 Å². The third-order valence-corrected chi connectivity index (χ3v) is 11.6. The van der Waals surface area contributed by atoms with Crippen LogP contribution in [0.15, 0.2) is 0 Å². The van der Waals surface area contributed by atoms with Crippen molar-refractivity contribution in [1.82, 2.24) is 37.2 Å². The minimum absolute atomic E-state index is 0.107. The number of carbonyl (C=O) groups is 8. The van der Waals surface area contributed by atoms with E-state index in [1.807, 2.05) is 132 Å². The summed E-state index contributed by atoms with van der Waals surface area (Å²) in [7, 11) is 0. The second-order valence-electron chi connectivity index (χ2n) is 25.6. The van der Waals surface area contributed by atoms with Gasteiger partial charge < -0.3 is 47.7 Å². The second-order valence-corrected chi connectivity index (χ2v) is 25.6. The fourth-order valence-corrected chi connectivity index (χ4v) is 7.32. The van der Waals surface area contributed by atoms with Crippen molar-refractivity contribution in [1.29, 1.82) is 0 Å². The first-order valence-corrected chi connectivity index (χ1v) is 25.0. The highest BCUT2D eigenvalue weighted by Gasteiger charge is 2.31. The van der Waals surface area contributed by atoms with Gasteiger partial charge in [-0.25, -0.2) is 0 Å². The molecule has 0 aliphatic rings. The van der Waals surface area contributed by atoms with Gasteiger partial charge in [0.05, 0.1) is 0 Å². The molecule has 0 bridgehead atoms. The average molecular weight is 979 g/mol. The van der Waals surface area contributed by atoms with Crippen molar-refractivity contribution in [3.05, 3.63) is 0 Å². The van der Waals surface area contributed by atoms with Crippen LogP contribution < -0.4 is 43.0 Å². The number of rotatable bonds is 31. The third kappa shape index (κ3) is 34.6. The molecule has 7 amide bonds. The van der Waals surface area contributed by atoms with Crippen LogP contribution in [0.25, 0.3) is 0 Å². The van der Waals surface area contributed by atoms with E-state index in [1.165, 1.54) is 0 Å². The van der Waals surface area contributed by atoms with E-state index >= 15 is 0 Å². The molecule has 0 aliphatic heterocycles. The van der Waals surface area contributed by atoms with E-state index in [0.717, 1.165) is 0 Å². The number of ether oxygens (including phenoxy) is 1. The van der Waals surface area contributed by atoms with Crippen molar-refractivity contribution in [2.24, 2.45) is 5.73 Å². The molecule has 0 rings (SSSR count). The molecular weight excluding hydrogens is 881 g/mol. The van der Waals surface area contributed by atoms with Gasteiger partial charge in [0.1, 0.15) is 5.60 Å². The average Bonchev–Trinajstić information content (AvgIpc) is 3.13. The van der Waals surface area contributed by atoms with Crippen LogP contribution >= 0.6 is 0 Å². The van der Waals surface area contributed by atoms with Gasteiger partial charge in [-0.2, -0.15) is 0 Å². The van der Waals surface area contributed by atoms with Gasteiger partial charge in [0, 0.05) is 95.7 Å². The van der Waals surface area contributed by atoms with Gasteiger partial charge in [0.15, 0.2) is 0 Å². The summed E-state index contributed by atoms with van der Waals surface area (Å²) in [5.41, 5.74) is 0.433. The zero-order valence-corrected chi connectivity index (χ0v) is 46.6. The number of nitrogens with two attached hydrogens (primary N) is 1. The predicted molar refractivity (Wildman–Crippen MR) is 274 cm³/mol. The first kappa shape index (κ1) is 64.7. The fourth-order valence-electron chi connectivity index (χ4n) is 7.32. The first-order valence-electron chi connectivity index (χ1n) is 25.0. The summed E-state index contributed by atoms with van der Waals surface area (Å²) < 4.78 is 5.37. The van der Waals surface area contributed by atoms with Crippen molar-refractivity contribution < 1.29 is 43.1 Å². The minimum atomic E-state index is -0.689. The van der Waals surface area contributed by atoms with Crippen LogP contribution in [0.5, 0.6) is 0 Å². The zero-order valence-electron chi connectivity index (χ0n) is 46.6. The van der Waals surface area contributed by atoms with Gasteiger partial charge in [0.25, 0.3) is 0 Å². The van der Waals surface area contributed by atoms with E-state index < -0.39 is 49.9 Å². The Morgan fingerprint density at radius 1 is 0.290 bits per heavy atom. The summed E-state index contributed by atoms with van der Waals surface area (Å²) in [5, 5.41) is 21.0. The highest BCUT2D eigenvalue weighted by molar-refractivity contribution is 5.81. The summed E-state index contributed by atoms with van der Waals surface area (Å²) in [4.78, 5) is 102. The van der Waals surface area contributed by atoms with Crippen LogP contribution in [0, 0.1) is 0 Å². The topological polar surface area (TPSA) is 256 Å². The molecule has 9 N–H and O–H groups in total. The molecule has 17 nitrogen and oxygen atoms in total. The highest BCUT2D eigenvalue weighted by atomic mass is 16.6. The predicted octanol–water partition coefficient (Wildman–Crippen LogP) is 6.57. The monoisotopic (exact) mass is 979 g/mol. The molecule has 0 spiro atoms. The van der Waals surface area contributed by atoms with Crippen LogP contribution in [-0.2, 0) is 43.1 Å². The van der Waals surface area contributed by atoms with Gasteiger partial charge in [0.2, 0.25) is 41.4 Å². The number of nitrogens with one attached hydrogen (secondary N) is 7. The van der Waals surface area contributed by atoms with E-state index in [1.54, 1.807) is 0 Å². The lowest BCUT2D eigenvalue weighted by atomic mass is 9.93. The van der Waals surface area contributed by atoms with E-state index in [-0.39, 0.29) is 92.3 Å². The molecule has 69 heavy (non-hydrogen) atoms. The standard InChI is InChI=1S/C52H98N8O9/c1-44(2,3)69-43(68)27-35-52(18,19)60-42(67)26-34-51(16,17)59-41(66)25-33-50(14,15)58-40(65)24-32-49(12,13)57-39(64)23-31-48(10,11)56-38(63)22-30-47(8,9)55-37(62)21-29-46(6,7)54-36(61)20-28-45(4,5)53/h20-35,53H2,1-19H3,(H,54,61)(H,55,62)(H,56,63)(H,57,64)(H,58,65)(H,59,66)(H,60,67). The molecule has 0 aromatic heterocycles. The SMILES string of the molecule is CC(C)(N)CCC(=O)NC(C)(C)CCC(=O)NC(C)(C)CCC(=O)NC(C)(C)CCC(=O)NC(C)(C)CCC(=O)NC(C)(C)CCC(=O)NC(C)(C)CCC(=O)NC(C)(C)CCC(=O)OC(C)(C)C. The van der Waals surface area contributed by atoms with Crippen LogP contribution in [0.1, 0.15) is 234 Å². The summed E-state index contributed by atoms with van der Waals surface area (Å²) in [6.45, 7) is 35.2. The van der Waals surface area contributed by atoms with E-state index in [2.05, 4.69) is 37.2 Å². The summed E-state index contributed by atoms with van der Waals surface area (Å²) >= 11 is 0. The number of hydrogen-bond acceptors (Lipinski definition) is 10. The van der Waals surface area contributed by atoms with Crippen molar-refractivity contribution in [2.75, 3.05) is 0 Å². The highest BCUT2D eigenvalue weighted by Crippen LogP contribution is 2.21. The Morgan fingerprint density at radius 2 is 0.449 bits per heavy atom. The molecule has 0 aromatic carbocycles. The second kappa shape index (κ2) is 26.2. The van der Waals surface area contributed by atoms with Crippen molar-refractivity contribution >= 4 is 47.3 Å². The summed E-state index contributed by atoms with van der Waals surface area (Å²) in [6.07, 6.45) is 4.86. The van der Waals surface area contributed by atoms with Crippen LogP contribution in [-0.4, -0.2) is 97.2 Å². The lowest BCUT2D eigenvalue weighted by molar-refractivity contribution is -0.155. The van der Waals surface area contributed by atoms with Crippen LogP contribution in [0.4, 0.5) is 0 Å². The first-order chi connectivity index (χ1) is 30.8. The van der Waals surface area contributed by atoms with Gasteiger partial charge in [-0.15, -0.1) is 0 Å². The third-order valence-electron chi connectivity index (χ3n) is 11.6. The molecule has 0 heterocycles. The molecule has 0 saturated carbocycles. The molecule has 0 fully saturated rings. The molecule has 0 saturated heterocycles. The Morgan fingerprint density at radius 3 is 0.609 bits per heavy atom. The maximum atomic E-state index is 13.1. The molecule has 17 heteroatoms. The van der Waals surface area contributed by atoms with E-state index in [9.17, 15) is 38.4 Å². The summed E-state index contributed by atoms with van der Waals surface area (Å²) in [5.74, 6) is -1.58. The van der Waals surface area contributed by atoms with Crippen molar-refractivity contribution in [2.45, 2.75) is 284 Å². The van der Waals surface area contributed by atoms with Gasteiger partial charge >= 0.3 is 5.97 Å².